The number of furan rings is 2. The van der Waals surface area contributed by atoms with Crippen LogP contribution in [0.5, 0.6) is 0 Å². The molecule has 0 unspecified atom stereocenters. The van der Waals surface area contributed by atoms with Gasteiger partial charge in [0.05, 0.1) is 22.3 Å². The molecular formula is C59H34N4O2. The van der Waals surface area contributed by atoms with Gasteiger partial charge in [-0.1, -0.05) is 164 Å². The van der Waals surface area contributed by atoms with Crippen LogP contribution < -0.4 is 0 Å². The zero-order chi connectivity index (χ0) is 42.6. The van der Waals surface area contributed by atoms with Crippen LogP contribution in [0.2, 0.25) is 0 Å². The molecule has 4 aromatic heterocycles. The van der Waals surface area contributed by atoms with Crippen molar-refractivity contribution in [1.82, 2.24) is 19.5 Å². The molecule has 0 amide bonds. The van der Waals surface area contributed by atoms with Crippen molar-refractivity contribution < 1.29 is 8.83 Å². The second kappa shape index (κ2) is 13.8. The van der Waals surface area contributed by atoms with Gasteiger partial charge in [0, 0.05) is 54.9 Å². The SMILES string of the molecule is c1ccc(-c2ccc(-c3nc(-c4cccc5c4oc4cc(-n6c7ccccc7c7cc8ccccc8cc76)c6ccccc6c45)nc(-c4cccc5oc6ccccc6c45)n3)cc2)cc1. The van der Waals surface area contributed by atoms with Gasteiger partial charge in [0.1, 0.15) is 22.3 Å². The van der Waals surface area contributed by atoms with Crippen LogP contribution >= 0.6 is 0 Å². The van der Waals surface area contributed by atoms with Gasteiger partial charge < -0.3 is 13.4 Å². The monoisotopic (exact) mass is 830 g/mol. The van der Waals surface area contributed by atoms with Crippen molar-refractivity contribution in [3.8, 4) is 51.0 Å². The summed E-state index contributed by atoms with van der Waals surface area (Å²) in [5, 5.41) is 11.1. The predicted molar refractivity (Wildman–Crippen MR) is 265 cm³/mol. The Labute approximate surface area is 371 Å². The molecule has 10 aromatic carbocycles. The van der Waals surface area contributed by atoms with E-state index in [9.17, 15) is 0 Å². The Kier molecular flexibility index (Phi) is 7.59. The summed E-state index contributed by atoms with van der Waals surface area (Å²) in [5.74, 6) is 1.63. The fourth-order valence-electron chi connectivity index (χ4n) is 10.1. The van der Waals surface area contributed by atoms with Gasteiger partial charge in [-0.15, -0.1) is 0 Å². The highest BCUT2D eigenvalue weighted by molar-refractivity contribution is 6.23. The fourth-order valence-corrected chi connectivity index (χ4v) is 10.1. The summed E-state index contributed by atoms with van der Waals surface area (Å²) in [6.45, 7) is 0. The minimum Gasteiger partial charge on any atom is -0.456 e. The molecule has 0 radical (unpaired) electrons. The highest BCUT2D eigenvalue weighted by atomic mass is 16.3. The molecule has 65 heavy (non-hydrogen) atoms. The normalized spacial score (nSPS) is 12.0. The second-order valence-corrected chi connectivity index (χ2v) is 16.7. The van der Waals surface area contributed by atoms with Crippen molar-refractivity contribution >= 4 is 87.2 Å². The van der Waals surface area contributed by atoms with Crippen LogP contribution in [0, 0.1) is 0 Å². The van der Waals surface area contributed by atoms with E-state index in [1.54, 1.807) is 0 Å². The Hall–Kier alpha value is -8.87. The molecule has 0 atom stereocenters. The highest BCUT2D eigenvalue weighted by Crippen LogP contribution is 2.44. The van der Waals surface area contributed by atoms with Gasteiger partial charge in [-0.25, -0.2) is 15.0 Å². The van der Waals surface area contributed by atoms with Crippen molar-refractivity contribution in [2.45, 2.75) is 0 Å². The van der Waals surface area contributed by atoms with Crippen molar-refractivity contribution in [3.05, 3.63) is 206 Å². The number of fused-ring (bicyclic) bond motifs is 12. The number of aromatic nitrogens is 4. The van der Waals surface area contributed by atoms with E-state index in [0.717, 1.165) is 93.6 Å². The Balaban J connectivity index is 1.02. The third-order valence-electron chi connectivity index (χ3n) is 13.0. The lowest BCUT2D eigenvalue weighted by atomic mass is 10.0. The number of benzene rings is 10. The maximum Gasteiger partial charge on any atom is 0.167 e. The van der Waals surface area contributed by atoms with Crippen LogP contribution in [0.1, 0.15) is 0 Å². The van der Waals surface area contributed by atoms with Crippen LogP contribution in [-0.2, 0) is 0 Å². The first-order chi connectivity index (χ1) is 32.2. The minimum atomic E-state index is 0.519. The number of hydrogen-bond donors (Lipinski definition) is 0. The molecule has 0 aliphatic heterocycles. The van der Waals surface area contributed by atoms with E-state index in [1.165, 1.54) is 21.5 Å². The third kappa shape index (κ3) is 5.44. The summed E-state index contributed by atoms with van der Waals surface area (Å²) in [6, 6.07) is 72.1. The van der Waals surface area contributed by atoms with Gasteiger partial charge in [-0.3, -0.25) is 0 Å². The molecule has 0 spiro atoms. The van der Waals surface area contributed by atoms with E-state index in [0.29, 0.717) is 23.1 Å². The minimum absolute atomic E-state index is 0.519. The number of hydrogen-bond acceptors (Lipinski definition) is 5. The zero-order valence-corrected chi connectivity index (χ0v) is 34.7. The maximum atomic E-state index is 7.12. The smallest absolute Gasteiger partial charge is 0.167 e. The van der Waals surface area contributed by atoms with Crippen LogP contribution in [0.3, 0.4) is 0 Å². The first-order valence-electron chi connectivity index (χ1n) is 21.8. The highest BCUT2D eigenvalue weighted by Gasteiger charge is 2.23. The Bertz CT molecular complexity index is 4240. The molecule has 0 saturated carbocycles. The lowest BCUT2D eigenvalue weighted by Crippen LogP contribution is -2.00. The molecule has 4 heterocycles. The Morgan fingerprint density at radius 1 is 0.323 bits per heavy atom. The van der Waals surface area contributed by atoms with E-state index in [-0.39, 0.29) is 0 Å². The lowest BCUT2D eigenvalue weighted by molar-refractivity contribution is 0.668. The molecule has 0 saturated heterocycles. The van der Waals surface area contributed by atoms with E-state index >= 15 is 0 Å². The van der Waals surface area contributed by atoms with Gasteiger partial charge in [-0.2, -0.15) is 0 Å². The van der Waals surface area contributed by atoms with Gasteiger partial charge in [-0.05, 0) is 63.7 Å². The van der Waals surface area contributed by atoms with Gasteiger partial charge in [0.15, 0.2) is 17.5 Å². The molecule has 6 nitrogen and oxygen atoms in total. The number of para-hydroxylation sites is 3. The van der Waals surface area contributed by atoms with Crippen LogP contribution in [0.25, 0.3) is 138 Å². The average molecular weight is 831 g/mol. The summed E-state index contributed by atoms with van der Waals surface area (Å²) in [5.41, 5.74) is 11.2. The Morgan fingerprint density at radius 2 is 0.923 bits per heavy atom. The summed E-state index contributed by atoms with van der Waals surface area (Å²) >= 11 is 0. The fraction of sp³-hybridized carbons (Fsp3) is 0. The predicted octanol–water partition coefficient (Wildman–Crippen LogP) is 15.7. The van der Waals surface area contributed by atoms with Crippen molar-refractivity contribution in [3.63, 3.8) is 0 Å². The van der Waals surface area contributed by atoms with E-state index in [2.05, 4.69) is 174 Å². The van der Waals surface area contributed by atoms with E-state index in [1.807, 2.05) is 36.4 Å². The summed E-state index contributed by atoms with van der Waals surface area (Å²) < 4.78 is 15.9. The van der Waals surface area contributed by atoms with Crippen LogP contribution in [-0.4, -0.2) is 19.5 Å². The molecule has 0 fully saturated rings. The van der Waals surface area contributed by atoms with Crippen molar-refractivity contribution in [2.24, 2.45) is 0 Å². The molecule has 14 rings (SSSR count). The van der Waals surface area contributed by atoms with Crippen molar-refractivity contribution in [2.75, 3.05) is 0 Å². The van der Waals surface area contributed by atoms with E-state index in [4.69, 9.17) is 23.8 Å². The largest absolute Gasteiger partial charge is 0.456 e. The summed E-state index contributed by atoms with van der Waals surface area (Å²) in [6.07, 6.45) is 0. The molecule has 0 aliphatic rings. The molecule has 0 aliphatic carbocycles. The molecule has 0 bridgehead atoms. The summed E-state index contributed by atoms with van der Waals surface area (Å²) in [4.78, 5) is 15.8. The number of rotatable bonds is 5. The third-order valence-corrected chi connectivity index (χ3v) is 13.0. The quantitative estimate of drug-likeness (QED) is 0.173. The first kappa shape index (κ1) is 35.7. The van der Waals surface area contributed by atoms with Gasteiger partial charge in [0.25, 0.3) is 0 Å². The summed E-state index contributed by atoms with van der Waals surface area (Å²) in [7, 11) is 0. The standard InChI is InChI=1S/C59H34N4O2/c1-2-14-35(15-3-1)36-28-30-37(31-29-36)57-60-58(45-23-13-27-52-55(45)43-21-9-11-26-51(43)64-52)62-59(61-57)46-24-12-22-44-54-42-20-7-6-18-40(42)50(34-53(54)65-56(44)46)63-48-25-10-8-19-41(48)47-32-38-16-4-5-17-39(38)33-49(47)63/h1-34H. The molecular weight excluding hydrogens is 797 g/mol. The topological polar surface area (TPSA) is 69.9 Å². The Morgan fingerprint density at radius 3 is 1.77 bits per heavy atom. The second-order valence-electron chi connectivity index (χ2n) is 16.7. The average Bonchev–Trinajstić information content (AvgIpc) is 4.05. The van der Waals surface area contributed by atoms with Crippen LogP contribution in [0.4, 0.5) is 0 Å². The van der Waals surface area contributed by atoms with E-state index < -0.39 is 0 Å². The van der Waals surface area contributed by atoms with Gasteiger partial charge in [0.2, 0.25) is 0 Å². The lowest BCUT2D eigenvalue weighted by Gasteiger charge is -2.13. The van der Waals surface area contributed by atoms with Gasteiger partial charge >= 0.3 is 0 Å². The molecule has 302 valence electrons. The molecule has 6 heteroatoms. The van der Waals surface area contributed by atoms with Crippen molar-refractivity contribution in [1.29, 1.82) is 0 Å². The first-order valence-corrected chi connectivity index (χ1v) is 21.8. The molecule has 14 aromatic rings. The maximum absolute atomic E-state index is 7.12. The zero-order valence-electron chi connectivity index (χ0n) is 34.7. The number of nitrogens with zero attached hydrogens (tertiary/aromatic N) is 4. The molecule has 0 N–H and O–H groups in total. The van der Waals surface area contributed by atoms with Crippen LogP contribution in [0.15, 0.2) is 215 Å².